The number of nitrogens with one attached hydrogen (secondary N) is 2. The van der Waals surface area contributed by atoms with Crippen molar-refractivity contribution in [2.45, 2.75) is 136 Å². The molecule has 6 N–H and O–H groups in total. The summed E-state index contributed by atoms with van der Waals surface area (Å²) in [6.45, 7) is 14.9. The van der Waals surface area contributed by atoms with E-state index in [1.807, 2.05) is 235 Å². The smallest absolute Gasteiger partial charge is 0.408 e. The summed E-state index contributed by atoms with van der Waals surface area (Å²) >= 11 is 19.1. The second kappa shape index (κ2) is 88.2. The number of esters is 1. The van der Waals surface area contributed by atoms with Crippen LogP contribution in [-0.4, -0.2) is 108 Å². The molecule has 2 amide bonds. The summed E-state index contributed by atoms with van der Waals surface area (Å²) in [5.41, 5.74) is 15.7. The van der Waals surface area contributed by atoms with Gasteiger partial charge in [0, 0.05) is 446 Å². The van der Waals surface area contributed by atoms with Gasteiger partial charge in [-0.15, -0.1) is 0 Å². The maximum Gasteiger partial charge on any atom is 0.408 e. The molecule has 0 radical (unpaired) electrons. The van der Waals surface area contributed by atoms with Crippen LogP contribution in [0.3, 0.4) is 0 Å². The zero-order chi connectivity index (χ0) is 98.4. The first-order chi connectivity index (χ1) is 63.9. The molecular weight excluding hydrogens is 2610 g/mol. The van der Waals surface area contributed by atoms with Gasteiger partial charge in [-0.05, 0) is 122 Å². The molecule has 6 aromatic carbocycles. The second-order valence-corrected chi connectivity index (χ2v) is 101. The van der Waals surface area contributed by atoms with Crippen molar-refractivity contribution in [1.82, 2.24) is 10.6 Å². The topological polar surface area (TPSA) is 306 Å². The lowest BCUT2D eigenvalue weighted by molar-refractivity contribution is -0.163. The van der Waals surface area contributed by atoms with Crippen molar-refractivity contribution in [3.63, 3.8) is 0 Å². The highest BCUT2D eigenvalue weighted by molar-refractivity contribution is 8.81. The minimum absolute atomic E-state index is 0.0765. The highest BCUT2D eigenvalue weighted by Gasteiger charge is 2.36. The first-order valence-electron chi connectivity index (χ1n) is 35.2. The van der Waals surface area contributed by atoms with Gasteiger partial charge < -0.3 is 45.5 Å². The summed E-state index contributed by atoms with van der Waals surface area (Å²) in [7, 11) is 74.4. The number of rotatable bonds is 22. The highest BCUT2D eigenvalue weighted by atomic mass is 33.5. The average molecular weight is 2690 g/mol. The number of aryl methyl sites for hydroxylation is 6. The molecule has 133 heavy (non-hydrogen) atoms. The van der Waals surface area contributed by atoms with Crippen molar-refractivity contribution >= 4 is 480 Å². The molecular formula is C67H78N4O15S47. The molecule has 6 aromatic rings. The van der Waals surface area contributed by atoms with E-state index in [0.717, 1.165) is 33.4 Å². The lowest BCUT2D eigenvalue weighted by atomic mass is 9.99. The minimum Gasteiger partial charge on any atom is -0.480 e. The fourth-order valence-electron chi connectivity index (χ4n) is 8.00. The zero-order valence-electron chi connectivity index (χ0n) is 69.2. The van der Waals surface area contributed by atoms with E-state index in [9.17, 15) is 48.6 Å². The number of carbonyl (C=O) groups is 8. The molecule has 0 saturated carbocycles. The second-order valence-electron chi connectivity index (χ2n) is 24.7. The number of nitrogens with zero attached hydrogens (tertiary/aromatic N) is 2. The molecule has 738 valence electrons. The predicted molar refractivity (Wildman–Crippen MR) is 669 cm³/mol. The molecule has 6 rings (SSSR count). The number of aliphatic carboxylic acids is 2. The van der Waals surface area contributed by atoms with E-state index in [-0.39, 0.29) is 23.7 Å². The maximum atomic E-state index is 13.0. The molecule has 0 heterocycles. The Balaban J connectivity index is 0.000000815. The van der Waals surface area contributed by atoms with Crippen molar-refractivity contribution in [1.29, 1.82) is 0 Å². The Morgan fingerprint density at radius 1 is 0.368 bits per heavy atom. The molecule has 0 aliphatic carbocycles. The fourth-order valence-corrected chi connectivity index (χ4v) is 115. The Kier molecular flexibility index (Phi) is 87.5. The molecule has 0 aromatic heterocycles. The summed E-state index contributed by atoms with van der Waals surface area (Å²) in [5.74, 6) is -4.89. The maximum absolute atomic E-state index is 13.0. The Bertz CT molecular complexity index is 6990. The van der Waals surface area contributed by atoms with Crippen molar-refractivity contribution in [3.05, 3.63) is 219 Å². The number of alkyl carbamates (subject to hydrolysis) is 2. The standard InChI is InChI=1S/C25H29NO7.C17H16N2O.C17H18O2.C8H15NO5.S28.S19/c1-16-10-13-18(14-11-16)21(19(27)15-12-17-8-6-5-7-9-17)32-23(30)20(22(28)29)26-24(31)33-25(2,3)4;1-13-7-10-15(11-8-13)17(19-18)16(20)12-9-14-5-3-2-4-6-14;1-13-7-10-15(11-8-13)17(19)16(18)12-9-14-5-3-2-4-6-14;1-8(2,3)14-7(13)9-5(4-10)6(11)12;1-3-5-7-9-11-13-15-17-19-21-23-25-27-28-26-24-22-20-18-16-14-12-10-8-6-4-2;1-3-5-7-9-11-13-15-17-19-18-16-14-12-10-8-6-4-2/h5-11,13-14,20-21H,12,15H2,1-4H3,(H,26,31)(H,28,29);2-8,10-11H,9,12H2,1H3;2-8,10-11,17,19H,9,12H2,1H3;5,10H,4H2,1-3H3,(H,9,13)(H,11,12);;. The normalized spacial score (nSPS) is 10.4. The van der Waals surface area contributed by atoms with Gasteiger partial charge in [0.15, 0.2) is 23.7 Å². The third kappa shape index (κ3) is 76.2. The number of Topliss-reactive ketones (excluding diaryl/α,β-unsaturated/α-hetero) is 3. The lowest BCUT2D eigenvalue weighted by Gasteiger charge is -2.23. The van der Waals surface area contributed by atoms with E-state index >= 15 is 0 Å². The van der Waals surface area contributed by atoms with Crippen LogP contribution in [0.25, 0.3) is 5.53 Å². The first-order valence-corrected chi connectivity index (χ1v) is 95.2. The first kappa shape index (κ1) is 132. The zero-order valence-corrected chi connectivity index (χ0v) is 108. The van der Waals surface area contributed by atoms with Gasteiger partial charge in [-0.3, -0.25) is 19.7 Å². The van der Waals surface area contributed by atoms with Crippen LogP contribution >= 0.6 is 0 Å². The molecule has 4 atom stereocenters. The van der Waals surface area contributed by atoms with Crippen LogP contribution in [0.4, 0.5) is 9.59 Å². The molecule has 19 nitrogen and oxygen atoms in total. The van der Waals surface area contributed by atoms with Crippen LogP contribution in [0.1, 0.15) is 123 Å². The van der Waals surface area contributed by atoms with Crippen molar-refractivity contribution in [2.24, 2.45) is 0 Å². The molecule has 0 aliphatic heterocycles. The van der Waals surface area contributed by atoms with Gasteiger partial charge in [-0.2, -0.15) is 4.79 Å². The van der Waals surface area contributed by atoms with E-state index in [4.69, 9.17) is 74.7 Å². The predicted octanol–water partition coefficient (Wildman–Crippen LogP) is 10.0. The molecule has 66 heteroatoms. The molecule has 0 spiro atoms. The number of hydrogen-bond donors (Lipinski definition) is 6. The van der Waals surface area contributed by atoms with Crippen LogP contribution in [0.15, 0.2) is 164 Å². The van der Waals surface area contributed by atoms with Crippen molar-refractivity contribution in [3.8, 4) is 0 Å². The number of hydrogen-bond acceptors (Lipinski definition) is 17. The number of benzene rings is 6. The largest absolute Gasteiger partial charge is 0.480 e. The fraction of sp³-hybridized carbons (Fsp3) is 0.328. The van der Waals surface area contributed by atoms with E-state index in [2.05, 4.69) is 4.79 Å². The summed E-state index contributed by atoms with van der Waals surface area (Å²) in [5, 5.41) is 40.5. The van der Waals surface area contributed by atoms with Crippen LogP contribution < -0.4 is 10.6 Å². The van der Waals surface area contributed by atoms with Gasteiger partial charge in [0.25, 0.3) is 0 Å². The highest BCUT2D eigenvalue weighted by Crippen LogP contribution is 2.24. The third-order valence-corrected chi connectivity index (χ3v) is 104. The Morgan fingerprint density at radius 3 is 0.910 bits per heavy atom. The minimum atomic E-state index is -2.03. The number of aliphatic hydroxyl groups excluding tert-OH is 2. The van der Waals surface area contributed by atoms with Gasteiger partial charge in [-0.25, -0.2) is 24.0 Å². The number of ketones is 3. The van der Waals surface area contributed by atoms with Crippen molar-refractivity contribution in [2.75, 3.05) is 6.61 Å². The molecule has 4 unspecified atom stereocenters. The van der Waals surface area contributed by atoms with Gasteiger partial charge in [0.2, 0.25) is 11.8 Å². The number of carbonyl (C=O) groups excluding carboxylic acids is 6. The van der Waals surface area contributed by atoms with Crippen LogP contribution in [0.2, 0.25) is 0 Å². The SMILES string of the molecule is CC(C)(C)OC(=O)NC(CO)C(=O)O.Cc1ccc(C(=[N+]=[N-])C(=O)CCc2ccccc2)cc1.Cc1ccc(C(O)C(=O)CCc2ccccc2)cc1.Cc1ccc(C(OC(=O)C(NC(=O)OC(C)(C)C)C(=O)O)C(=O)CCc2ccccc2)cc1.S=S=S=S=S=S=S=S=S=S=S=S=S=S=S=S=S=S=S.S=S=S=S=S=S=S=S=S=S=S=S=S=S=S=S=S=S=S=S=S=S=S=S=S=S=S=S. The van der Waals surface area contributed by atoms with E-state index in [1.165, 1.54) is 35.5 Å². The quantitative estimate of drug-likeness (QED) is 0.00919. The van der Waals surface area contributed by atoms with Gasteiger partial charge in [0.1, 0.15) is 17.3 Å². The molecule has 0 bridgehead atoms. The Morgan fingerprint density at radius 2 is 0.639 bits per heavy atom. The van der Waals surface area contributed by atoms with Crippen LogP contribution in [0, 0.1) is 20.8 Å². The van der Waals surface area contributed by atoms with E-state index in [0.29, 0.717) is 48.8 Å². The summed E-state index contributed by atoms with van der Waals surface area (Å²) in [4.78, 5) is 98.0. The average Bonchev–Trinajstić information content (AvgIpc) is 0.843. The number of ether oxygens (including phenoxy) is 3. The molecule has 0 aliphatic rings. The number of amides is 2. The monoisotopic (exact) mass is 2680 g/mol. The lowest BCUT2D eigenvalue weighted by Crippen LogP contribution is -2.49. The number of carboxylic acids is 2. The summed E-state index contributed by atoms with van der Waals surface area (Å²) in [6.07, 6.45) is -1.77. The summed E-state index contributed by atoms with van der Waals surface area (Å²) < 4.78 is 15.2. The summed E-state index contributed by atoms with van der Waals surface area (Å²) in [6, 6.07) is 47.2. The van der Waals surface area contributed by atoms with E-state index < -0.39 is 78.0 Å². The van der Waals surface area contributed by atoms with Crippen molar-refractivity contribution < 1.29 is 77.8 Å². The van der Waals surface area contributed by atoms with E-state index in [1.54, 1.807) is 348 Å². The number of aliphatic hydroxyl groups is 2. The Labute approximate surface area is 914 Å². The van der Waals surface area contributed by atoms with Crippen LogP contribution in [0.5, 0.6) is 0 Å². The van der Waals surface area contributed by atoms with Gasteiger partial charge >= 0.3 is 35.8 Å². The molecule has 0 fully saturated rings. The van der Waals surface area contributed by atoms with Gasteiger partial charge in [0.05, 0.1) is 12.2 Å². The van der Waals surface area contributed by atoms with Gasteiger partial charge in [-0.1, -0.05) is 168 Å². The van der Waals surface area contributed by atoms with Crippen LogP contribution in [-0.2, 0) is 489 Å². The third-order valence-electron chi connectivity index (χ3n) is 13.2. The Hall–Kier alpha value is 0.920. The molecule has 0 saturated heterocycles. The number of carboxylic acid groups (broad SMARTS) is 2.